The molecule has 1 aliphatic rings. The van der Waals surface area contributed by atoms with Crippen LogP contribution in [0, 0.1) is 0 Å². The molecule has 1 N–H and O–H groups in total. The van der Waals surface area contributed by atoms with Gasteiger partial charge in [0, 0.05) is 24.7 Å². The Morgan fingerprint density at radius 3 is 2.89 bits per heavy atom. The Morgan fingerprint density at radius 2 is 2.11 bits per heavy atom. The highest BCUT2D eigenvalue weighted by molar-refractivity contribution is 5.97. The molecule has 0 bridgehead atoms. The van der Waals surface area contributed by atoms with Crippen molar-refractivity contribution in [1.29, 1.82) is 0 Å². The molecule has 0 radical (unpaired) electrons. The summed E-state index contributed by atoms with van der Waals surface area (Å²) in [5, 5.41) is 4.36. The van der Waals surface area contributed by atoms with E-state index in [-0.39, 0.29) is 5.91 Å². The predicted octanol–water partition coefficient (Wildman–Crippen LogP) is 1.45. The van der Waals surface area contributed by atoms with Gasteiger partial charge in [-0.25, -0.2) is 0 Å². The summed E-state index contributed by atoms with van der Waals surface area (Å²) < 4.78 is 1.78. The van der Waals surface area contributed by atoms with Gasteiger partial charge in [0.05, 0.1) is 12.1 Å². The first-order valence-corrected chi connectivity index (χ1v) is 6.17. The molecule has 0 aliphatic carbocycles. The maximum absolute atomic E-state index is 12.0. The van der Waals surface area contributed by atoms with Gasteiger partial charge in [0.1, 0.15) is 0 Å². The van der Waals surface area contributed by atoms with Crippen LogP contribution in [-0.4, -0.2) is 36.0 Å². The van der Waals surface area contributed by atoms with E-state index in [1.807, 2.05) is 6.20 Å². The number of benzene rings is 1. The molecule has 0 saturated heterocycles. The van der Waals surface area contributed by atoms with E-state index >= 15 is 0 Å². The van der Waals surface area contributed by atoms with Crippen LogP contribution in [0.1, 0.15) is 15.9 Å². The molecule has 1 aromatic heterocycles. The molecule has 3 rings (SSSR count). The van der Waals surface area contributed by atoms with Crippen molar-refractivity contribution in [3.63, 3.8) is 0 Å². The van der Waals surface area contributed by atoms with E-state index < -0.39 is 0 Å². The molecule has 2 aromatic rings. The van der Waals surface area contributed by atoms with Gasteiger partial charge < -0.3 is 10.2 Å². The normalized spacial score (nSPS) is 15.4. The summed E-state index contributed by atoms with van der Waals surface area (Å²) in [5.74, 6) is 0.116. The summed E-state index contributed by atoms with van der Waals surface area (Å²) in [6, 6.07) is 6.35. The zero-order valence-electron chi connectivity index (χ0n) is 10.7. The maximum Gasteiger partial charge on any atom is 0.245 e. The molecule has 0 spiro atoms. The molecule has 0 atom stereocenters. The number of carbonyl (C=O) groups excluding carboxylic acids is 1. The summed E-state index contributed by atoms with van der Waals surface area (Å²) in [4.78, 5) is 14.1. The fraction of sp³-hybridized carbons (Fsp3) is 0.357. The van der Waals surface area contributed by atoms with Crippen molar-refractivity contribution in [2.75, 3.05) is 20.6 Å². The Kier molecular flexibility index (Phi) is 2.69. The van der Waals surface area contributed by atoms with Crippen molar-refractivity contribution in [2.24, 2.45) is 0 Å². The first-order valence-electron chi connectivity index (χ1n) is 6.17. The lowest BCUT2D eigenvalue weighted by Gasteiger charge is -2.12. The van der Waals surface area contributed by atoms with Gasteiger partial charge in [0.2, 0.25) is 5.91 Å². The van der Waals surface area contributed by atoms with Crippen molar-refractivity contribution in [3.05, 3.63) is 35.5 Å². The lowest BCUT2D eigenvalue weighted by atomic mass is 10.1. The molecular weight excluding hydrogens is 226 g/mol. The average Bonchev–Trinajstić information content (AvgIpc) is 2.69. The minimum Gasteiger partial charge on any atom is -0.305 e. The van der Waals surface area contributed by atoms with Crippen molar-refractivity contribution >= 4 is 16.8 Å². The van der Waals surface area contributed by atoms with Crippen LogP contribution in [-0.2, 0) is 13.1 Å². The first-order chi connectivity index (χ1) is 8.66. The van der Waals surface area contributed by atoms with Gasteiger partial charge in [-0.2, -0.15) is 0 Å². The minimum atomic E-state index is 0.116. The smallest absolute Gasteiger partial charge is 0.245 e. The largest absolute Gasteiger partial charge is 0.305 e. The fourth-order valence-corrected chi connectivity index (χ4v) is 2.61. The summed E-state index contributed by atoms with van der Waals surface area (Å²) in [7, 11) is 4.11. The molecule has 4 heteroatoms. The third kappa shape index (κ3) is 1.74. The molecule has 94 valence electrons. The van der Waals surface area contributed by atoms with Gasteiger partial charge in [0.25, 0.3) is 0 Å². The molecular formula is C14H17N3O. The number of nitrogens with zero attached hydrogens (tertiary/aromatic N) is 2. The second kappa shape index (κ2) is 4.23. The lowest BCUT2D eigenvalue weighted by Crippen LogP contribution is -2.23. The molecule has 1 aromatic carbocycles. The topological polar surface area (TPSA) is 37.3 Å². The van der Waals surface area contributed by atoms with Crippen molar-refractivity contribution in [3.8, 4) is 0 Å². The number of carbonyl (C=O) groups is 1. The van der Waals surface area contributed by atoms with Crippen molar-refractivity contribution < 1.29 is 4.79 Å². The molecule has 2 heterocycles. The quantitative estimate of drug-likeness (QED) is 0.867. The summed E-state index contributed by atoms with van der Waals surface area (Å²) in [6.07, 6.45) is 1.89. The van der Waals surface area contributed by atoms with Crippen molar-refractivity contribution in [1.82, 2.24) is 14.8 Å². The highest BCUT2D eigenvalue weighted by atomic mass is 16.2. The van der Waals surface area contributed by atoms with Gasteiger partial charge in [-0.3, -0.25) is 9.36 Å². The van der Waals surface area contributed by atoms with Crippen LogP contribution in [0.5, 0.6) is 0 Å². The van der Waals surface area contributed by atoms with E-state index in [4.69, 9.17) is 0 Å². The molecule has 0 amide bonds. The van der Waals surface area contributed by atoms with E-state index in [9.17, 15) is 4.79 Å². The first kappa shape index (κ1) is 11.4. The Balaban J connectivity index is 2.24. The van der Waals surface area contributed by atoms with Crippen LogP contribution >= 0.6 is 0 Å². The van der Waals surface area contributed by atoms with Gasteiger partial charge >= 0.3 is 0 Å². The van der Waals surface area contributed by atoms with Crippen LogP contribution in [0.3, 0.4) is 0 Å². The summed E-state index contributed by atoms with van der Waals surface area (Å²) in [5.41, 5.74) is 3.54. The molecule has 0 unspecified atom stereocenters. The minimum absolute atomic E-state index is 0.116. The highest BCUT2D eigenvalue weighted by Crippen LogP contribution is 2.26. The molecule has 4 nitrogen and oxygen atoms in total. The van der Waals surface area contributed by atoms with Gasteiger partial charge in [-0.1, -0.05) is 12.1 Å². The van der Waals surface area contributed by atoms with E-state index in [1.54, 1.807) is 4.57 Å². The Bertz CT molecular complexity index is 613. The Labute approximate surface area is 106 Å². The summed E-state index contributed by atoms with van der Waals surface area (Å²) in [6.45, 7) is 2.05. The Morgan fingerprint density at radius 1 is 1.28 bits per heavy atom. The van der Waals surface area contributed by atoms with Crippen LogP contribution in [0.4, 0.5) is 0 Å². The van der Waals surface area contributed by atoms with E-state index in [2.05, 4.69) is 42.5 Å². The standard InChI is InChI=1S/C14H17N3O/c1-16(2)9-11-4-3-10-7-15-8-13(18)17-6-5-12(11)14(10)17/h3-6,15H,7-9H2,1-2H3. The van der Waals surface area contributed by atoms with E-state index in [0.717, 1.165) is 18.6 Å². The monoisotopic (exact) mass is 243 g/mol. The number of aromatic nitrogens is 1. The average molecular weight is 243 g/mol. The van der Waals surface area contributed by atoms with E-state index in [0.29, 0.717) is 6.54 Å². The number of hydrogen-bond acceptors (Lipinski definition) is 3. The number of rotatable bonds is 2. The fourth-order valence-electron chi connectivity index (χ4n) is 2.61. The second-order valence-electron chi connectivity index (χ2n) is 5.07. The van der Waals surface area contributed by atoms with Gasteiger partial charge in [-0.05, 0) is 31.3 Å². The third-order valence-electron chi connectivity index (χ3n) is 3.37. The zero-order chi connectivity index (χ0) is 12.7. The van der Waals surface area contributed by atoms with Crippen LogP contribution in [0.15, 0.2) is 24.4 Å². The van der Waals surface area contributed by atoms with Gasteiger partial charge in [0.15, 0.2) is 0 Å². The molecule has 1 aliphatic heterocycles. The molecule has 0 saturated carbocycles. The van der Waals surface area contributed by atoms with Crippen LogP contribution in [0.25, 0.3) is 10.9 Å². The Hall–Kier alpha value is -1.65. The highest BCUT2D eigenvalue weighted by Gasteiger charge is 2.17. The second-order valence-corrected chi connectivity index (χ2v) is 5.07. The number of hydrogen-bond donors (Lipinski definition) is 1. The van der Waals surface area contributed by atoms with Crippen LogP contribution < -0.4 is 5.32 Å². The molecule has 0 fully saturated rings. The molecule has 18 heavy (non-hydrogen) atoms. The van der Waals surface area contributed by atoms with Gasteiger partial charge in [-0.15, -0.1) is 0 Å². The SMILES string of the molecule is CN(C)Cc1ccc2c3c1ccn3C(=O)CNC2. The lowest BCUT2D eigenvalue weighted by molar-refractivity contribution is 0.0920. The zero-order valence-corrected chi connectivity index (χ0v) is 10.7. The van der Waals surface area contributed by atoms with Crippen molar-refractivity contribution in [2.45, 2.75) is 13.1 Å². The third-order valence-corrected chi connectivity index (χ3v) is 3.37. The predicted molar refractivity (Wildman–Crippen MR) is 71.7 cm³/mol. The van der Waals surface area contributed by atoms with E-state index in [1.165, 1.54) is 16.5 Å². The number of nitrogens with one attached hydrogen (secondary N) is 1. The van der Waals surface area contributed by atoms with Crippen LogP contribution in [0.2, 0.25) is 0 Å². The summed E-state index contributed by atoms with van der Waals surface area (Å²) >= 11 is 0. The maximum atomic E-state index is 12.0.